The van der Waals surface area contributed by atoms with E-state index in [1.165, 1.54) is 0 Å². The molecule has 6 rings (SSSR count). The maximum Gasteiger partial charge on any atom is 0.273 e. The molecule has 5 heterocycles. The highest BCUT2D eigenvalue weighted by Gasteiger charge is 2.40. The highest BCUT2D eigenvalue weighted by atomic mass is 16.5. The van der Waals surface area contributed by atoms with Gasteiger partial charge in [0.05, 0.1) is 29.3 Å². The van der Waals surface area contributed by atoms with E-state index < -0.39 is 0 Å². The molecule has 11 nitrogen and oxygen atoms in total. The van der Waals surface area contributed by atoms with E-state index in [1.54, 1.807) is 30.1 Å². The largest absolute Gasteiger partial charge is 0.475 e. The average molecular weight is 501 g/mol. The van der Waals surface area contributed by atoms with Crippen molar-refractivity contribution in [2.24, 2.45) is 12.0 Å². The van der Waals surface area contributed by atoms with Crippen molar-refractivity contribution in [3.05, 3.63) is 76.2 Å². The summed E-state index contributed by atoms with van der Waals surface area (Å²) in [4.78, 5) is 26.1. The zero-order chi connectivity index (χ0) is 25.4. The molecule has 2 aliphatic rings. The molecule has 1 aromatic carbocycles. The van der Waals surface area contributed by atoms with Crippen molar-refractivity contribution in [3.8, 4) is 0 Å². The molecule has 0 amide bonds. The number of aliphatic hydroxyl groups is 1. The Kier molecular flexibility index (Phi) is 5.85. The molecule has 190 valence electrons. The van der Waals surface area contributed by atoms with Crippen LogP contribution in [0.3, 0.4) is 0 Å². The molecule has 3 aromatic heterocycles. The Balaban J connectivity index is 1.36. The lowest BCUT2D eigenvalue weighted by Gasteiger charge is -2.21. The van der Waals surface area contributed by atoms with Crippen LogP contribution in [0.4, 0.5) is 17.3 Å². The Hall–Kier alpha value is -4.22. The molecular formula is C26H28N8O3. The third-order valence-electron chi connectivity index (χ3n) is 6.85. The first-order valence-electron chi connectivity index (χ1n) is 12.2. The normalized spacial score (nSPS) is 19.7. The van der Waals surface area contributed by atoms with Gasteiger partial charge in [-0.05, 0) is 30.7 Å². The summed E-state index contributed by atoms with van der Waals surface area (Å²) in [5, 5.41) is 23.5. The smallest absolute Gasteiger partial charge is 0.273 e. The van der Waals surface area contributed by atoms with Gasteiger partial charge in [0.1, 0.15) is 23.8 Å². The van der Waals surface area contributed by atoms with Gasteiger partial charge in [0, 0.05) is 25.9 Å². The summed E-state index contributed by atoms with van der Waals surface area (Å²) in [7, 11) is 1.74. The fraction of sp³-hybridized carbons (Fsp3) is 0.308. The summed E-state index contributed by atoms with van der Waals surface area (Å²) in [6.07, 6.45) is 2.64. The van der Waals surface area contributed by atoms with Crippen LogP contribution >= 0.6 is 0 Å². The highest BCUT2D eigenvalue weighted by Crippen LogP contribution is 2.32. The van der Waals surface area contributed by atoms with Crippen molar-refractivity contribution >= 4 is 34.3 Å². The number of aliphatic imine (C=N–C) groups is 1. The molecular weight excluding hydrogens is 472 g/mol. The number of pyridine rings is 2. The number of aromatic nitrogens is 4. The number of hydrogen-bond acceptors (Lipinski definition) is 9. The maximum atomic E-state index is 12.0. The first-order chi connectivity index (χ1) is 18.0. The number of benzene rings is 1. The monoisotopic (exact) mass is 500 g/mol. The number of anilines is 3. The number of nitrogens with zero attached hydrogens (tertiary/aromatic N) is 4. The van der Waals surface area contributed by atoms with Gasteiger partial charge in [0.25, 0.3) is 5.56 Å². The number of fused-ring (bicyclic) bond motifs is 1. The van der Waals surface area contributed by atoms with E-state index in [-0.39, 0.29) is 23.7 Å². The Morgan fingerprint density at radius 1 is 1.22 bits per heavy atom. The van der Waals surface area contributed by atoms with Gasteiger partial charge < -0.3 is 25.8 Å². The molecule has 2 aliphatic heterocycles. The van der Waals surface area contributed by atoms with Crippen LogP contribution in [0.2, 0.25) is 0 Å². The maximum absolute atomic E-state index is 12.0. The van der Waals surface area contributed by atoms with Gasteiger partial charge in [-0.15, -0.1) is 0 Å². The van der Waals surface area contributed by atoms with Crippen LogP contribution in [0, 0.1) is 0 Å². The Morgan fingerprint density at radius 2 is 2.08 bits per heavy atom. The van der Waals surface area contributed by atoms with Crippen LogP contribution in [0.5, 0.6) is 0 Å². The summed E-state index contributed by atoms with van der Waals surface area (Å²) in [5.74, 6) is 1.62. The van der Waals surface area contributed by atoms with E-state index in [1.807, 2.05) is 36.4 Å². The molecule has 0 radical (unpaired) electrons. The van der Waals surface area contributed by atoms with Crippen molar-refractivity contribution in [3.63, 3.8) is 0 Å². The number of aryl methyl sites for hydroxylation is 1. The van der Waals surface area contributed by atoms with Gasteiger partial charge >= 0.3 is 0 Å². The lowest BCUT2D eigenvalue weighted by molar-refractivity contribution is 0.267. The van der Waals surface area contributed by atoms with Gasteiger partial charge in [0.2, 0.25) is 5.90 Å². The number of rotatable bonds is 7. The van der Waals surface area contributed by atoms with Gasteiger partial charge in [-0.3, -0.25) is 14.6 Å². The fourth-order valence-electron chi connectivity index (χ4n) is 4.84. The van der Waals surface area contributed by atoms with Crippen LogP contribution in [-0.2, 0) is 11.8 Å². The summed E-state index contributed by atoms with van der Waals surface area (Å²) in [5.41, 5.74) is 2.50. The van der Waals surface area contributed by atoms with Crippen LogP contribution in [-0.4, -0.2) is 62.6 Å². The minimum Gasteiger partial charge on any atom is -0.475 e. The van der Waals surface area contributed by atoms with Crippen molar-refractivity contribution in [1.82, 2.24) is 25.1 Å². The topological polar surface area (TPSA) is 141 Å². The van der Waals surface area contributed by atoms with Crippen LogP contribution in [0.1, 0.15) is 23.6 Å². The van der Waals surface area contributed by atoms with Crippen LogP contribution in [0.25, 0.3) is 11.0 Å². The Bertz CT molecular complexity index is 1520. The van der Waals surface area contributed by atoms with E-state index in [4.69, 9.17) is 9.73 Å². The highest BCUT2D eigenvalue weighted by molar-refractivity contribution is 6.01. The molecule has 0 aliphatic carbocycles. The van der Waals surface area contributed by atoms with Gasteiger partial charge in [-0.25, -0.2) is 15.0 Å². The predicted octanol–water partition coefficient (Wildman–Crippen LogP) is 2.05. The minimum absolute atomic E-state index is 0.102. The molecule has 0 saturated carbocycles. The molecule has 5 N–H and O–H groups in total. The van der Waals surface area contributed by atoms with Gasteiger partial charge in [-0.2, -0.15) is 0 Å². The third-order valence-corrected chi connectivity index (χ3v) is 6.85. The van der Waals surface area contributed by atoms with E-state index >= 15 is 0 Å². The summed E-state index contributed by atoms with van der Waals surface area (Å²) >= 11 is 0. The van der Waals surface area contributed by atoms with Crippen molar-refractivity contribution in [1.29, 1.82) is 0 Å². The molecule has 1 fully saturated rings. The SMILES string of the molecule is Cn1[nH]c(=O)c2ccc(Nc3cc(N[C@H](CO)c4ccccc4)c(C4=N[C@@]5(CCNC5)CO4)cn3)nc21. The van der Waals surface area contributed by atoms with E-state index in [0.717, 1.165) is 36.3 Å². The molecule has 37 heavy (non-hydrogen) atoms. The van der Waals surface area contributed by atoms with E-state index in [2.05, 4.69) is 31.0 Å². The predicted molar refractivity (Wildman–Crippen MR) is 141 cm³/mol. The second-order valence-corrected chi connectivity index (χ2v) is 9.45. The first-order valence-corrected chi connectivity index (χ1v) is 12.2. The minimum atomic E-state index is -0.344. The molecule has 1 spiro atoms. The zero-order valence-electron chi connectivity index (χ0n) is 20.4. The van der Waals surface area contributed by atoms with Gasteiger partial charge in [0.15, 0.2) is 5.65 Å². The number of aromatic amines is 1. The molecule has 0 unspecified atom stereocenters. The van der Waals surface area contributed by atoms with Crippen molar-refractivity contribution < 1.29 is 9.84 Å². The summed E-state index contributed by atoms with van der Waals surface area (Å²) in [6, 6.07) is 14.7. The zero-order valence-corrected chi connectivity index (χ0v) is 20.4. The first kappa shape index (κ1) is 23.2. The van der Waals surface area contributed by atoms with E-state index in [9.17, 15) is 9.90 Å². The molecule has 1 saturated heterocycles. The second kappa shape index (κ2) is 9.34. The lowest BCUT2D eigenvalue weighted by Crippen LogP contribution is -2.30. The summed E-state index contributed by atoms with van der Waals surface area (Å²) < 4.78 is 7.64. The average Bonchev–Trinajstić information content (AvgIpc) is 3.63. The van der Waals surface area contributed by atoms with Crippen molar-refractivity contribution in [2.45, 2.75) is 18.0 Å². The quantitative estimate of drug-likeness (QED) is 0.260. The number of hydrogen-bond donors (Lipinski definition) is 5. The van der Waals surface area contributed by atoms with Crippen LogP contribution < -0.4 is 21.5 Å². The third kappa shape index (κ3) is 4.43. The fourth-order valence-corrected chi connectivity index (χ4v) is 4.84. The number of nitrogens with one attached hydrogen (secondary N) is 4. The molecule has 2 atom stereocenters. The molecule has 0 bridgehead atoms. The Labute approximate surface area is 212 Å². The standard InChI is InChI=1S/C26H28N8O3/c1-34-23-17(24(36)33-34)7-8-21(31-23)30-22-11-19(29-20(13-35)16-5-3-2-4-6-16)18(12-28-22)25-32-26(15-37-25)9-10-27-14-26/h2-8,11-12,20,27,35H,9-10,13-15H2,1H3,(H,33,36)(H2,28,29,30,31)/t20-,26-/m1/s1. The lowest BCUT2D eigenvalue weighted by atomic mass is 10.0. The summed E-state index contributed by atoms with van der Waals surface area (Å²) in [6.45, 7) is 2.12. The molecule has 11 heteroatoms. The Morgan fingerprint density at radius 3 is 2.86 bits per heavy atom. The van der Waals surface area contributed by atoms with Gasteiger partial charge in [-0.1, -0.05) is 30.3 Å². The number of aliphatic hydroxyl groups excluding tert-OH is 1. The van der Waals surface area contributed by atoms with Crippen molar-refractivity contribution in [2.75, 3.05) is 36.9 Å². The van der Waals surface area contributed by atoms with E-state index in [0.29, 0.717) is 35.2 Å². The van der Waals surface area contributed by atoms with Crippen LogP contribution in [0.15, 0.2) is 64.5 Å². The number of H-pyrrole nitrogens is 1. The second-order valence-electron chi connectivity index (χ2n) is 9.45. The number of ether oxygens (including phenoxy) is 1. The molecule has 4 aromatic rings.